The zero-order chi connectivity index (χ0) is 15.7. The molecule has 1 atom stereocenters. The highest BCUT2D eigenvalue weighted by Crippen LogP contribution is 2.22. The van der Waals surface area contributed by atoms with Gasteiger partial charge in [0.2, 0.25) is 0 Å². The molecule has 0 radical (unpaired) electrons. The van der Waals surface area contributed by atoms with Gasteiger partial charge in [0.05, 0.1) is 40.9 Å². The highest BCUT2D eigenvalue weighted by atomic mass is 35.5. The average molecular weight is 340 g/mol. The normalized spacial score (nSPS) is 12.9. The molecule has 0 unspecified atom stereocenters. The first-order valence-electron chi connectivity index (χ1n) is 6.75. The van der Waals surface area contributed by atoms with E-state index in [1.807, 2.05) is 17.0 Å². The number of aliphatic hydroxyl groups excluding tert-OH is 1. The van der Waals surface area contributed by atoms with Crippen molar-refractivity contribution in [3.05, 3.63) is 52.4 Å². The SMILES string of the molecule is N[C@H](CO)Cc1cn(Cc2cn3cc(Cl)cc(Cl)c3n2)cn1. The number of pyridine rings is 1. The van der Waals surface area contributed by atoms with Crippen LogP contribution in [0.1, 0.15) is 11.4 Å². The van der Waals surface area contributed by atoms with Crippen molar-refractivity contribution in [2.24, 2.45) is 5.73 Å². The Bertz CT molecular complexity index is 798. The number of imidazole rings is 2. The Morgan fingerprint density at radius 3 is 2.82 bits per heavy atom. The first-order chi connectivity index (χ1) is 10.5. The van der Waals surface area contributed by atoms with Crippen molar-refractivity contribution in [1.82, 2.24) is 18.9 Å². The molecule has 116 valence electrons. The lowest BCUT2D eigenvalue weighted by Crippen LogP contribution is -2.26. The Kier molecular flexibility index (Phi) is 4.35. The number of aliphatic hydroxyl groups is 1. The third-order valence-electron chi connectivity index (χ3n) is 3.26. The maximum absolute atomic E-state index is 8.97. The fourth-order valence-electron chi connectivity index (χ4n) is 2.27. The van der Waals surface area contributed by atoms with Gasteiger partial charge in [-0.3, -0.25) is 0 Å². The lowest BCUT2D eigenvalue weighted by molar-refractivity contribution is 0.264. The molecule has 22 heavy (non-hydrogen) atoms. The van der Waals surface area contributed by atoms with Crippen LogP contribution in [-0.2, 0) is 13.0 Å². The van der Waals surface area contributed by atoms with Crippen molar-refractivity contribution in [2.45, 2.75) is 19.0 Å². The zero-order valence-electron chi connectivity index (χ0n) is 11.7. The van der Waals surface area contributed by atoms with Gasteiger partial charge in [0.25, 0.3) is 0 Å². The minimum atomic E-state index is -0.292. The second-order valence-corrected chi connectivity index (χ2v) is 6.00. The number of halogens is 2. The third-order valence-corrected chi connectivity index (χ3v) is 3.74. The first kappa shape index (κ1) is 15.3. The van der Waals surface area contributed by atoms with Crippen molar-refractivity contribution < 1.29 is 5.11 Å². The van der Waals surface area contributed by atoms with Crippen LogP contribution in [0.25, 0.3) is 5.65 Å². The Labute approximate surface area is 137 Å². The molecule has 3 heterocycles. The zero-order valence-corrected chi connectivity index (χ0v) is 13.2. The molecule has 0 aromatic carbocycles. The minimum Gasteiger partial charge on any atom is -0.395 e. The summed E-state index contributed by atoms with van der Waals surface area (Å²) in [5.41, 5.74) is 8.06. The summed E-state index contributed by atoms with van der Waals surface area (Å²) in [5.74, 6) is 0. The van der Waals surface area contributed by atoms with Gasteiger partial charge >= 0.3 is 0 Å². The van der Waals surface area contributed by atoms with E-state index in [0.717, 1.165) is 11.4 Å². The van der Waals surface area contributed by atoms with Crippen LogP contribution in [0.4, 0.5) is 0 Å². The van der Waals surface area contributed by atoms with Gasteiger partial charge in [0.15, 0.2) is 5.65 Å². The van der Waals surface area contributed by atoms with Gasteiger partial charge in [-0.15, -0.1) is 0 Å². The molecular formula is C14H15Cl2N5O. The molecule has 0 spiro atoms. The Hall–Kier alpha value is -1.60. The van der Waals surface area contributed by atoms with Crippen LogP contribution in [0, 0.1) is 0 Å². The van der Waals surface area contributed by atoms with Crippen LogP contribution < -0.4 is 5.73 Å². The van der Waals surface area contributed by atoms with Crippen LogP contribution in [0.5, 0.6) is 0 Å². The monoisotopic (exact) mass is 339 g/mol. The molecule has 8 heteroatoms. The number of aromatic nitrogens is 4. The molecule has 0 amide bonds. The Balaban J connectivity index is 1.80. The van der Waals surface area contributed by atoms with Gasteiger partial charge < -0.3 is 19.8 Å². The molecule has 3 rings (SSSR count). The minimum absolute atomic E-state index is 0.0570. The Morgan fingerprint density at radius 2 is 2.05 bits per heavy atom. The van der Waals surface area contributed by atoms with Crippen molar-refractivity contribution >= 4 is 28.8 Å². The first-order valence-corrected chi connectivity index (χ1v) is 7.50. The van der Waals surface area contributed by atoms with E-state index in [-0.39, 0.29) is 12.6 Å². The molecule has 3 aromatic heterocycles. The van der Waals surface area contributed by atoms with Gasteiger partial charge in [-0.25, -0.2) is 9.97 Å². The number of fused-ring (bicyclic) bond motifs is 1. The summed E-state index contributed by atoms with van der Waals surface area (Å²) in [6, 6.07) is 1.38. The fraction of sp³-hybridized carbons (Fsp3) is 0.286. The molecule has 0 aliphatic carbocycles. The van der Waals surface area contributed by atoms with Gasteiger partial charge in [0, 0.05) is 31.1 Å². The standard InChI is InChI=1S/C14H15Cl2N5O/c15-9-1-13(16)14-19-12(6-21(14)3-9)5-20-4-11(18-8-20)2-10(17)7-22/h1,3-4,6,8,10,22H,2,5,7,17H2/t10-/m0/s1. The number of hydrogen-bond donors (Lipinski definition) is 2. The highest BCUT2D eigenvalue weighted by molar-refractivity contribution is 6.36. The summed E-state index contributed by atoms with van der Waals surface area (Å²) in [5, 5.41) is 10.0. The van der Waals surface area contributed by atoms with Crippen LogP contribution in [0.2, 0.25) is 10.0 Å². The van der Waals surface area contributed by atoms with Gasteiger partial charge in [-0.05, 0) is 6.07 Å². The van der Waals surface area contributed by atoms with Crippen molar-refractivity contribution in [1.29, 1.82) is 0 Å². The number of nitrogens with zero attached hydrogens (tertiary/aromatic N) is 4. The van der Waals surface area contributed by atoms with E-state index in [1.54, 1.807) is 23.0 Å². The smallest absolute Gasteiger partial charge is 0.156 e. The quantitative estimate of drug-likeness (QED) is 0.741. The van der Waals surface area contributed by atoms with E-state index < -0.39 is 0 Å². The molecule has 6 nitrogen and oxygen atoms in total. The summed E-state index contributed by atoms with van der Waals surface area (Å²) in [4.78, 5) is 8.77. The summed E-state index contributed by atoms with van der Waals surface area (Å²) >= 11 is 12.1. The number of rotatable bonds is 5. The molecule has 3 N–H and O–H groups in total. The van der Waals surface area contributed by atoms with Crippen molar-refractivity contribution in [3.8, 4) is 0 Å². The van der Waals surface area contributed by atoms with Crippen LogP contribution >= 0.6 is 23.2 Å². The second-order valence-electron chi connectivity index (χ2n) is 5.15. The van der Waals surface area contributed by atoms with E-state index >= 15 is 0 Å². The van der Waals surface area contributed by atoms with Crippen molar-refractivity contribution in [2.75, 3.05) is 6.61 Å². The van der Waals surface area contributed by atoms with E-state index in [2.05, 4.69) is 9.97 Å². The molecule has 0 saturated carbocycles. The topological polar surface area (TPSA) is 81.4 Å². The molecule has 0 aliphatic rings. The van der Waals surface area contributed by atoms with E-state index in [4.69, 9.17) is 34.0 Å². The molecular weight excluding hydrogens is 325 g/mol. The lowest BCUT2D eigenvalue weighted by atomic mass is 10.2. The summed E-state index contributed by atoms with van der Waals surface area (Å²) in [7, 11) is 0. The van der Waals surface area contributed by atoms with E-state index in [0.29, 0.717) is 28.7 Å². The Morgan fingerprint density at radius 1 is 1.23 bits per heavy atom. The predicted octanol–water partition coefficient (Wildman–Crippen LogP) is 1.75. The van der Waals surface area contributed by atoms with Gasteiger partial charge in [-0.2, -0.15) is 0 Å². The summed E-state index contributed by atoms with van der Waals surface area (Å²) < 4.78 is 3.72. The van der Waals surface area contributed by atoms with Gasteiger partial charge in [-0.1, -0.05) is 23.2 Å². The molecule has 0 bridgehead atoms. The summed E-state index contributed by atoms with van der Waals surface area (Å²) in [6.45, 7) is 0.509. The maximum Gasteiger partial charge on any atom is 0.156 e. The molecule has 0 saturated heterocycles. The molecule has 0 fully saturated rings. The van der Waals surface area contributed by atoms with Crippen molar-refractivity contribution in [3.63, 3.8) is 0 Å². The van der Waals surface area contributed by atoms with Crippen LogP contribution in [0.15, 0.2) is 31.0 Å². The summed E-state index contributed by atoms with van der Waals surface area (Å²) in [6.07, 6.45) is 7.80. The third kappa shape index (κ3) is 3.25. The molecule has 3 aromatic rings. The largest absolute Gasteiger partial charge is 0.395 e. The second kappa shape index (κ2) is 6.26. The lowest BCUT2D eigenvalue weighted by Gasteiger charge is -2.03. The molecule has 0 aliphatic heterocycles. The van der Waals surface area contributed by atoms with E-state index in [9.17, 15) is 0 Å². The van der Waals surface area contributed by atoms with Gasteiger partial charge in [0.1, 0.15) is 0 Å². The number of hydrogen-bond acceptors (Lipinski definition) is 4. The fourth-order valence-corrected chi connectivity index (χ4v) is 2.80. The highest BCUT2D eigenvalue weighted by Gasteiger charge is 2.09. The maximum atomic E-state index is 8.97. The van der Waals surface area contributed by atoms with Crippen LogP contribution in [0.3, 0.4) is 0 Å². The predicted molar refractivity (Wildman–Crippen MR) is 85.3 cm³/mol. The number of nitrogens with two attached hydrogens (primary N) is 1. The average Bonchev–Trinajstić information content (AvgIpc) is 3.06. The van der Waals surface area contributed by atoms with E-state index in [1.165, 1.54) is 0 Å². The van der Waals surface area contributed by atoms with Crippen LogP contribution in [-0.4, -0.2) is 36.7 Å².